The molecule has 1 saturated heterocycles. The Morgan fingerprint density at radius 3 is 2.36 bits per heavy atom. The summed E-state index contributed by atoms with van der Waals surface area (Å²) in [4.78, 5) is 39.5. The van der Waals surface area contributed by atoms with Crippen LogP contribution in [-0.2, 0) is 14.3 Å². The van der Waals surface area contributed by atoms with Crippen molar-refractivity contribution < 1.29 is 23.9 Å². The van der Waals surface area contributed by atoms with E-state index in [1.54, 1.807) is 25.7 Å². The number of nitrogens with zero attached hydrogens (tertiary/aromatic N) is 2. The summed E-state index contributed by atoms with van der Waals surface area (Å²) >= 11 is 0. The van der Waals surface area contributed by atoms with Gasteiger partial charge < -0.3 is 25.0 Å². The van der Waals surface area contributed by atoms with Gasteiger partial charge in [0, 0.05) is 38.4 Å². The number of piperazine rings is 1. The number of nitrogens with one attached hydrogen (secondary N) is 2. The number of carbonyl (C=O) groups excluding carboxylic acids is 3. The summed E-state index contributed by atoms with van der Waals surface area (Å²) in [5.41, 5.74) is 0.994. The highest BCUT2D eigenvalue weighted by Gasteiger charge is 2.31. The Bertz CT molecular complexity index is 555. The zero-order valence-corrected chi connectivity index (χ0v) is 15.0. The zero-order valence-electron chi connectivity index (χ0n) is 15.0. The van der Waals surface area contributed by atoms with E-state index in [0.29, 0.717) is 50.6 Å². The Hall–Kier alpha value is -2.29. The van der Waals surface area contributed by atoms with Crippen molar-refractivity contribution in [2.24, 2.45) is 0 Å². The van der Waals surface area contributed by atoms with E-state index >= 15 is 0 Å². The van der Waals surface area contributed by atoms with E-state index in [2.05, 4.69) is 15.5 Å². The van der Waals surface area contributed by atoms with Crippen LogP contribution in [0.1, 0.15) is 20.8 Å². The molecule has 0 saturated carbocycles. The molecule has 9 heteroatoms. The van der Waals surface area contributed by atoms with Gasteiger partial charge in [0.25, 0.3) is 0 Å². The first-order chi connectivity index (χ1) is 12.0. The van der Waals surface area contributed by atoms with Crippen LogP contribution in [0.15, 0.2) is 11.3 Å². The third-order valence-corrected chi connectivity index (χ3v) is 4.15. The van der Waals surface area contributed by atoms with Crippen molar-refractivity contribution in [3.63, 3.8) is 0 Å². The van der Waals surface area contributed by atoms with Crippen LogP contribution in [0, 0.1) is 0 Å². The molecule has 0 aliphatic carbocycles. The topological polar surface area (TPSA) is 100 Å². The molecule has 25 heavy (non-hydrogen) atoms. The van der Waals surface area contributed by atoms with E-state index < -0.39 is 12.0 Å². The van der Waals surface area contributed by atoms with E-state index in [1.165, 1.54) is 0 Å². The van der Waals surface area contributed by atoms with Gasteiger partial charge in [0.1, 0.15) is 0 Å². The lowest BCUT2D eigenvalue weighted by atomic mass is 10.0. The van der Waals surface area contributed by atoms with Gasteiger partial charge in [0.15, 0.2) is 0 Å². The van der Waals surface area contributed by atoms with Gasteiger partial charge in [0.05, 0.1) is 24.8 Å². The molecule has 0 spiro atoms. The fourth-order valence-corrected chi connectivity index (χ4v) is 2.93. The first-order valence-electron chi connectivity index (χ1n) is 8.58. The fourth-order valence-electron chi connectivity index (χ4n) is 2.93. The van der Waals surface area contributed by atoms with Gasteiger partial charge in [-0.3, -0.25) is 4.90 Å². The van der Waals surface area contributed by atoms with Crippen LogP contribution in [0.25, 0.3) is 0 Å². The van der Waals surface area contributed by atoms with Crippen molar-refractivity contribution in [2.45, 2.75) is 26.8 Å². The van der Waals surface area contributed by atoms with Crippen molar-refractivity contribution in [1.29, 1.82) is 0 Å². The molecule has 2 aliphatic heterocycles. The molecule has 1 fully saturated rings. The Morgan fingerprint density at radius 1 is 1.12 bits per heavy atom. The molecule has 2 N–H and O–H groups in total. The Balaban J connectivity index is 2.03. The molecular formula is C16H26N4O5. The maximum atomic E-state index is 12.2. The lowest BCUT2D eigenvalue weighted by molar-refractivity contribution is -0.139. The third kappa shape index (κ3) is 4.85. The fraction of sp³-hybridized carbons (Fsp3) is 0.688. The lowest BCUT2D eigenvalue weighted by Gasteiger charge is -2.36. The van der Waals surface area contributed by atoms with Crippen LogP contribution in [0.3, 0.4) is 0 Å². The van der Waals surface area contributed by atoms with Gasteiger partial charge in [-0.05, 0) is 20.8 Å². The summed E-state index contributed by atoms with van der Waals surface area (Å²) in [6, 6.07) is -0.746. The summed E-state index contributed by atoms with van der Waals surface area (Å²) in [6.45, 7) is 8.68. The van der Waals surface area contributed by atoms with Crippen LogP contribution in [0.4, 0.5) is 9.59 Å². The quantitative estimate of drug-likeness (QED) is 0.688. The van der Waals surface area contributed by atoms with Crippen LogP contribution in [0.5, 0.6) is 0 Å². The summed E-state index contributed by atoms with van der Waals surface area (Å²) in [5, 5.41) is 5.39. The Kier molecular flexibility index (Phi) is 6.63. The van der Waals surface area contributed by atoms with Crippen molar-refractivity contribution >= 4 is 18.1 Å². The minimum Gasteiger partial charge on any atom is -0.463 e. The largest absolute Gasteiger partial charge is 0.463 e. The lowest BCUT2D eigenvalue weighted by Crippen LogP contribution is -2.54. The van der Waals surface area contributed by atoms with Crippen LogP contribution in [-0.4, -0.2) is 79.9 Å². The number of esters is 1. The molecule has 0 radical (unpaired) electrons. The van der Waals surface area contributed by atoms with E-state index in [1.807, 2.05) is 0 Å². The summed E-state index contributed by atoms with van der Waals surface area (Å²) in [5.74, 6) is -0.428. The minimum atomic E-state index is -0.428. The Labute approximate surface area is 147 Å². The number of hydrogen-bond acceptors (Lipinski definition) is 6. The predicted molar refractivity (Wildman–Crippen MR) is 89.8 cm³/mol. The molecule has 1 unspecified atom stereocenters. The summed E-state index contributed by atoms with van der Waals surface area (Å²) in [6.07, 6.45) is -0.308. The molecule has 2 heterocycles. The third-order valence-electron chi connectivity index (χ3n) is 4.15. The molecule has 0 aromatic carbocycles. The maximum Gasteiger partial charge on any atom is 0.409 e. The van der Waals surface area contributed by atoms with Gasteiger partial charge >= 0.3 is 18.1 Å². The number of hydrogen-bond donors (Lipinski definition) is 2. The number of rotatable bonds is 5. The molecule has 3 amide bonds. The summed E-state index contributed by atoms with van der Waals surface area (Å²) in [7, 11) is 0. The van der Waals surface area contributed by atoms with Gasteiger partial charge in [-0.15, -0.1) is 0 Å². The standard InChI is InChI=1S/C16H26N4O5/c1-4-24-14(21)13-11(3)17-15(22)18-12(13)10-19-6-8-20(9-7-19)16(23)25-5-2/h11H,4-10H2,1-3H3,(H2,17,18,22). The second kappa shape index (κ2) is 8.70. The smallest absolute Gasteiger partial charge is 0.409 e. The average Bonchev–Trinajstić information content (AvgIpc) is 2.55. The van der Waals surface area contributed by atoms with Crippen molar-refractivity contribution in [3.05, 3.63) is 11.3 Å². The summed E-state index contributed by atoms with van der Waals surface area (Å²) < 4.78 is 10.1. The number of carbonyl (C=O) groups is 3. The molecule has 2 rings (SSSR count). The van der Waals surface area contributed by atoms with Crippen LogP contribution >= 0.6 is 0 Å². The molecule has 1 atom stereocenters. The molecule has 140 valence electrons. The molecule has 0 aromatic heterocycles. The number of ether oxygens (including phenoxy) is 2. The first-order valence-corrected chi connectivity index (χ1v) is 8.58. The van der Waals surface area contributed by atoms with Crippen LogP contribution in [0.2, 0.25) is 0 Å². The van der Waals surface area contributed by atoms with Gasteiger partial charge in [-0.25, -0.2) is 14.4 Å². The minimum absolute atomic E-state index is 0.272. The van der Waals surface area contributed by atoms with E-state index in [0.717, 1.165) is 0 Å². The van der Waals surface area contributed by atoms with Crippen LogP contribution < -0.4 is 10.6 Å². The Morgan fingerprint density at radius 2 is 1.76 bits per heavy atom. The van der Waals surface area contributed by atoms with E-state index in [-0.39, 0.29) is 18.7 Å². The van der Waals surface area contributed by atoms with E-state index in [9.17, 15) is 14.4 Å². The molecule has 0 aromatic rings. The monoisotopic (exact) mass is 354 g/mol. The zero-order chi connectivity index (χ0) is 18.4. The number of urea groups is 1. The van der Waals surface area contributed by atoms with Gasteiger partial charge in [-0.1, -0.05) is 0 Å². The molecule has 9 nitrogen and oxygen atoms in total. The average molecular weight is 354 g/mol. The second-order valence-electron chi connectivity index (χ2n) is 5.89. The van der Waals surface area contributed by atoms with Crippen molar-refractivity contribution in [1.82, 2.24) is 20.4 Å². The highest BCUT2D eigenvalue weighted by molar-refractivity contribution is 5.94. The van der Waals surface area contributed by atoms with Crippen molar-refractivity contribution in [2.75, 3.05) is 45.9 Å². The molecular weight excluding hydrogens is 328 g/mol. The molecule has 2 aliphatic rings. The van der Waals surface area contributed by atoms with E-state index in [4.69, 9.17) is 9.47 Å². The highest BCUT2D eigenvalue weighted by Crippen LogP contribution is 2.16. The normalized spacial score (nSPS) is 21.5. The first kappa shape index (κ1) is 19.0. The van der Waals surface area contributed by atoms with Crippen molar-refractivity contribution in [3.8, 4) is 0 Å². The van der Waals surface area contributed by atoms with Gasteiger partial charge in [-0.2, -0.15) is 0 Å². The predicted octanol–water partition coefficient (Wildman–Crippen LogP) is 0.279. The number of amides is 3. The molecule has 0 bridgehead atoms. The second-order valence-corrected chi connectivity index (χ2v) is 5.89. The SMILES string of the molecule is CCOC(=O)C1=C(CN2CCN(C(=O)OCC)CC2)NC(=O)NC1C. The highest BCUT2D eigenvalue weighted by atomic mass is 16.6. The van der Waals surface area contributed by atoms with Gasteiger partial charge in [0.2, 0.25) is 0 Å². The maximum absolute atomic E-state index is 12.2.